The van der Waals surface area contributed by atoms with Crippen LogP contribution in [-0.4, -0.2) is 21.9 Å². The fourth-order valence-electron chi connectivity index (χ4n) is 3.11. The first-order valence-electron chi connectivity index (χ1n) is 9.36. The van der Waals surface area contributed by atoms with Crippen LogP contribution in [0.1, 0.15) is 21.6 Å². The van der Waals surface area contributed by atoms with Gasteiger partial charge in [0, 0.05) is 5.39 Å². The van der Waals surface area contributed by atoms with E-state index in [-0.39, 0.29) is 23.4 Å². The molecule has 8 heteroatoms. The largest absolute Gasteiger partial charge is 0.292 e. The highest BCUT2D eigenvalue weighted by molar-refractivity contribution is 6.05. The quantitative estimate of drug-likeness (QED) is 0.398. The summed E-state index contributed by atoms with van der Waals surface area (Å²) in [5.41, 5.74) is 2.31. The summed E-state index contributed by atoms with van der Waals surface area (Å²) >= 11 is 0. The molecule has 1 heterocycles. The number of hydrogen-bond donors (Lipinski definition) is 1. The van der Waals surface area contributed by atoms with E-state index in [0.29, 0.717) is 10.8 Å². The Labute approximate surface area is 175 Å². The lowest BCUT2D eigenvalue weighted by Gasteiger charge is -2.10. The number of carbonyl (C=O) groups is 1. The smallest absolute Gasteiger partial charge is 0.267 e. The van der Waals surface area contributed by atoms with Gasteiger partial charge in [-0.1, -0.05) is 54.6 Å². The van der Waals surface area contributed by atoms with Gasteiger partial charge in [-0.3, -0.25) is 9.59 Å². The lowest BCUT2D eigenvalue weighted by molar-refractivity contribution is 0.0949. The Balaban J connectivity index is 1.69. The van der Waals surface area contributed by atoms with Crippen molar-refractivity contribution in [2.45, 2.75) is 6.54 Å². The molecule has 0 bridgehead atoms. The van der Waals surface area contributed by atoms with Crippen molar-refractivity contribution in [3.63, 3.8) is 0 Å². The summed E-state index contributed by atoms with van der Waals surface area (Å²) in [5, 5.41) is 8.55. The van der Waals surface area contributed by atoms with Crippen LogP contribution in [0.3, 0.4) is 0 Å². The third-order valence-electron chi connectivity index (χ3n) is 4.62. The summed E-state index contributed by atoms with van der Waals surface area (Å²) in [6.07, 6.45) is 0.880. The minimum absolute atomic E-state index is 0.0303. The van der Waals surface area contributed by atoms with Gasteiger partial charge >= 0.3 is 0 Å². The van der Waals surface area contributed by atoms with Crippen molar-refractivity contribution in [3.8, 4) is 0 Å². The molecule has 0 fully saturated rings. The van der Waals surface area contributed by atoms with E-state index >= 15 is 0 Å². The topological polar surface area (TPSA) is 76.3 Å². The van der Waals surface area contributed by atoms with Crippen molar-refractivity contribution in [1.29, 1.82) is 0 Å². The van der Waals surface area contributed by atoms with Gasteiger partial charge in [-0.25, -0.2) is 18.9 Å². The molecule has 0 saturated heterocycles. The molecule has 0 aliphatic heterocycles. The Kier molecular flexibility index (Phi) is 5.61. The molecule has 31 heavy (non-hydrogen) atoms. The Bertz CT molecular complexity index is 1330. The molecule has 1 aromatic heterocycles. The van der Waals surface area contributed by atoms with Crippen LogP contribution in [0, 0.1) is 11.6 Å². The van der Waals surface area contributed by atoms with Crippen molar-refractivity contribution in [2.24, 2.45) is 5.10 Å². The number of nitrogens with zero attached hydrogens (tertiary/aromatic N) is 3. The molecular weight excluding hydrogens is 402 g/mol. The van der Waals surface area contributed by atoms with Gasteiger partial charge in [0.2, 0.25) is 0 Å². The number of hydrazone groups is 1. The van der Waals surface area contributed by atoms with Crippen molar-refractivity contribution in [1.82, 2.24) is 15.2 Å². The van der Waals surface area contributed by atoms with E-state index < -0.39 is 17.5 Å². The first-order chi connectivity index (χ1) is 15.0. The number of amides is 1. The number of halogens is 2. The summed E-state index contributed by atoms with van der Waals surface area (Å²) in [6, 6.07) is 19.2. The molecule has 0 aliphatic rings. The molecule has 4 aromatic rings. The molecule has 1 N–H and O–H groups in total. The lowest BCUT2D eigenvalue weighted by atomic mass is 10.1. The van der Waals surface area contributed by atoms with Crippen LogP contribution < -0.4 is 11.0 Å². The second-order valence-corrected chi connectivity index (χ2v) is 6.68. The fourth-order valence-corrected chi connectivity index (χ4v) is 3.11. The number of aromatic nitrogens is 2. The fraction of sp³-hybridized carbons (Fsp3) is 0.0435. The van der Waals surface area contributed by atoms with E-state index in [9.17, 15) is 18.4 Å². The number of carbonyl (C=O) groups excluding carboxylic acids is 1. The molecule has 0 saturated carbocycles. The average molecular weight is 418 g/mol. The van der Waals surface area contributed by atoms with Crippen molar-refractivity contribution >= 4 is 22.9 Å². The molecule has 0 atom stereocenters. The maximum Gasteiger partial charge on any atom is 0.292 e. The van der Waals surface area contributed by atoms with E-state index in [1.807, 2.05) is 30.3 Å². The molecule has 0 unspecified atom stereocenters. The molecule has 3 aromatic carbocycles. The van der Waals surface area contributed by atoms with Crippen LogP contribution in [0.4, 0.5) is 8.78 Å². The minimum atomic E-state index is -0.807. The number of hydrogen-bond acceptors (Lipinski definition) is 4. The third-order valence-corrected chi connectivity index (χ3v) is 4.62. The van der Waals surface area contributed by atoms with E-state index in [0.717, 1.165) is 23.9 Å². The van der Waals surface area contributed by atoms with E-state index in [1.54, 1.807) is 24.3 Å². The number of nitrogens with one attached hydrogen (secondary N) is 1. The molecule has 4 rings (SSSR count). The van der Waals surface area contributed by atoms with Crippen molar-refractivity contribution < 1.29 is 13.6 Å². The monoisotopic (exact) mass is 418 g/mol. The first-order valence-corrected chi connectivity index (χ1v) is 9.36. The lowest BCUT2D eigenvalue weighted by Crippen LogP contribution is -2.29. The Morgan fingerprint density at radius 3 is 2.29 bits per heavy atom. The Morgan fingerprint density at radius 1 is 0.935 bits per heavy atom. The Hall–Kier alpha value is -4.20. The van der Waals surface area contributed by atoms with Crippen LogP contribution >= 0.6 is 0 Å². The number of benzene rings is 3. The molecule has 154 valence electrons. The first kappa shape index (κ1) is 20.1. The molecule has 0 spiro atoms. The Morgan fingerprint density at radius 2 is 1.58 bits per heavy atom. The molecule has 0 aliphatic carbocycles. The zero-order valence-electron chi connectivity index (χ0n) is 16.1. The number of rotatable bonds is 5. The zero-order chi connectivity index (χ0) is 21.8. The minimum Gasteiger partial charge on any atom is -0.267 e. The normalized spacial score (nSPS) is 11.2. The maximum absolute atomic E-state index is 13.7. The van der Waals surface area contributed by atoms with Crippen LogP contribution in [0.15, 0.2) is 82.7 Å². The van der Waals surface area contributed by atoms with Gasteiger partial charge in [-0.15, -0.1) is 0 Å². The van der Waals surface area contributed by atoms with Gasteiger partial charge < -0.3 is 0 Å². The van der Waals surface area contributed by atoms with Gasteiger partial charge in [0.1, 0.15) is 11.6 Å². The summed E-state index contributed by atoms with van der Waals surface area (Å²) in [4.78, 5) is 25.6. The van der Waals surface area contributed by atoms with Gasteiger partial charge in [0.25, 0.3) is 11.5 Å². The standard InChI is InChI=1S/C23H16F2N4O2/c24-19-11-6-12-20(25)18(19)13-26-27-22(30)21-16-9-4-5-10-17(16)23(31)29(28-21)14-15-7-2-1-3-8-15/h1-13H,14H2,(H,27,30)/b26-13-. The average Bonchev–Trinajstić information content (AvgIpc) is 2.78. The highest BCUT2D eigenvalue weighted by Crippen LogP contribution is 2.14. The molecule has 0 radical (unpaired) electrons. The second-order valence-electron chi connectivity index (χ2n) is 6.68. The van der Waals surface area contributed by atoms with E-state index in [2.05, 4.69) is 15.6 Å². The predicted molar refractivity (Wildman–Crippen MR) is 113 cm³/mol. The van der Waals surface area contributed by atoms with Gasteiger partial charge in [0.05, 0.1) is 23.7 Å². The highest BCUT2D eigenvalue weighted by Gasteiger charge is 2.16. The predicted octanol–water partition coefficient (Wildman–Crippen LogP) is 3.49. The maximum atomic E-state index is 13.7. The third kappa shape index (κ3) is 4.23. The summed E-state index contributed by atoms with van der Waals surface area (Å²) in [6.45, 7) is 0.175. The summed E-state index contributed by atoms with van der Waals surface area (Å²) < 4.78 is 28.6. The highest BCUT2D eigenvalue weighted by atomic mass is 19.1. The number of fused-ring (bicyclic) bond motifs is 1. The van der Waals surface area contributed by atoms with Gasteiger partial charge in [-0.2, -0.15) is 10.2 Å². The van der Waals surface area contributed by atoms with E-state index in [1.165, 1.54) is 10.7 Å². The SMILES string of the molecule is O=C(N/N=C\c1c(F)cccc1F)c1nn(Cc2ccccc2)c(=O)c2ccccc12. The molecular formula is C23H16F2N4O2. The van der Waals surface area contributed by atoms with Crippen LogP contribution in [0.25, 0.3) is 10.8 Å². The summed E-state index contributed by atoms with van der Waals surface area (Å²) in [7, 11) is 0. The summed E-state index contributed by atoms with van der Waals surface area (Å²) in [5.74, 6) is -2.33. The van der Waals surface area contributed by atoms with Crippen LogP contribution in [0.2, 0.25) is 0 Å². The van der Waals surface area contributed by atoms with Crippen molar-refractivity contribution in [3.05, 3.63) is 112 Å². The second kappa shape index (κ2) is 8.66. The molecule has 6 nitrogen and oxygen atoms in total. The van der Waals surface area contributed by atoms with E-state index in [4.69, 9.17) is 0 Å². The van der Waals surface area contributed by atoms with Gasteiger partial charge in [-0.05, 0) is 23.8 Å². The molecule has 1 amide bonds. The van der Waals surface area contributed by atoms with Gasteiger partial charge in [0.15, 0.2) is 5.69 Å². The van der Waals surface area contributed by atoms with Crippen LogP contribution in [-0.2, 0) is 6.54 Å². The van der Waals surface area contributed by atoms with Crippen molar-refractivity contribution in [2.75, 3.05) is 0 Å². The zero-order valence-corrected chi connectivity index (χ0v) is 16.1. The van der Waals surface area contributed by atoms with Crippen LogP contribution in [0.5, 0.6) is 0 Å².